The van der Waals surface area contributed by atoms with Crippen LogP contribution < -0.4 is 5.32 Å². The molecule has 0 aromatic carbocycles. The molecule has 2 aromatic heterocycles. The Labute approximate surface area is 205 Å². The molecule has 182 valence electrons. The van der Waals surface area contributed by atoms with Crippen molar-refractivity contribution >= 4 is 29.2 Å². The van der Waals surface area contributed by atoms with Gasteiger partial charge in [-0.05, 0) is 67.5 Å². The number of thiophene rings is 1. The number of aryl methyl sites for hydroxylation is 1. The van der Waals surface area contributed by atoms with E-state index in [0.29, 0.717) is 50.4 Å². The van der Waals surface area contributed by atoms with Crippen LogP contribution in [0.15, 0.2) is 41.9 Å². The van der Waals surface area contributed by atoms with E-state index < -0.39 is 5.54 Å². The summed E-state index contributed by atoms with van der Waals surface area (Å²) in [4.78, 5) is 48.2. The zero-order chi connectivity index (χ0) is 24.1. The molecule has 4 heterocycles. The molecule has 2 aliphatic rings. The molecule has 34 heavy (non-hydrogen) atoms. The second-order valence-corrected chi connectivity index (χ2v) is 10.8. The van der Waals surface area contributed by atoms with Crippen molar-refractivity contribution in [2.75, 3.05) is 13.1 Å². The lowest BCUT2D eigenvalue weighted by molar-refractivity contribution is -0.136. The van der Waals surface area contributed by atoms with Crippen LogP contribution in [0, 0.1) is 11.8 Å². The number of pyridine rings is 1. The van der Waals surface area contributed by atoms with Crippen molar-refractivity contribution in [1.29, 1.82) is 0 Å². The summed E-state index contributed by atoms with van der Waals surface area (Å²) in [5.74, 6) is 0.455. The first-order valence-electron chi connectivity index (χ1n) is 12.2. The van der Waals surface area contributed by atoms with Gasteiger partial charge in [-0.1, -0.05) is 26.0 Å². The molecule has 4 amide bonds. The monoisotopic (exact) mass is 482 g/mol. The fourth-order valence-electron chi connectivity index (χ4n) is 5.07. The maximum absolute atomic E-state index is 13.7. The fourth-order valence-corrected chi connectivity index (χ4v) is 5.78. The van der Waals surface area contributed by atoms with Gasteiger partial charge in [-0.3, -0.25) is 19.5 Å². The number of carbonyl (C=O) groups excluding carboxylic acids is 3. The van der Waals surface area contributed by atoms with E-state index in [1.54, 1.807) is 17.5 Å². The van der Waals surface area contributed by atoms with Crippen molar-refractivity contribution in [3.63, 3.8) is 0 Å². The number of nitrogens with zero attached hydrogens (tertiary/aromatic N) is 3. The molecule has 2 aromatic rings. The van der Waals surface area contributed by atoms with Crippen LogP contribution >= 0.6 is 11.3 Å². The predicted octanol–water partition coefficient (Wildman–Crippen LogP) is 4.24. The number of hydrogen-bond acceptors (Lipinski definition) is 5. The number of likely N-dealkylation sites (tertiary alicyclic amines) is 1. The van der Waals surface area contributed by atoms with Crippen LogP contribution in [0.2, 0.25) is 0 Å². The molecule has 2 saturated heterocycles. The lowest BCUT2D eigenvalue weighted by Crippen LogP contribution is -2.56. The maximum Gasteiger partial charge on any atom is 0.325 e. The lowest BCUT2D eigenvalue weighted by atomic mass is 9.73. The average molecular weight is 483 g/mol. The van der Waals surface area contributed by atoms with Crippen molar-refractivity contribution in [2.45, 2.75) is 64.5 Å². The molecule has 0 radical (unpaired) electrons. The summed E-state index contributed by atoms with van der Waals surface area (Å²) in [6.07, 6.45) is 5.85. The second kappa shape index (κ2) is 10.7. The van der Waals surface area contributed by atoms with Gasteiger partial charge in [0.15, 0.2) is 0 Å². The van der Waals surface area contributed by atoms with E-state index in [2.05, 4.69) is 30.2 Å². The minimum absolute atomic E-state index is 0.0118. The average Bonchev–Trinajstić information content (AvgIpc) is 3.45. The van der Waals surface area contributed by atoms with Gasteiger partial charge in [0.25, 0.3) is 5.91 Å². The zero-order valence-electron chi connectivity index (χ0n) is 20.0. The number of hydrogen-bond donors (Lipinski definition) is 1. The summed E-state index contributed by atoms with van der Waals surface area (Å²) in [6, 6.07) is 9.24. The van der Waals surface area contributed by atoms with Crippen LogP contribution in [0.5, 0.6) is 0 Å². The van der Waals surface area contributed by atoms with Gasteiger partial charge in [0.05, 0.1) is 12.2 Å². The number of piperidine rings is 1. The highest BCUT2D eigenvalue weighted by molar-refractivity contribution is 7.09. The molecular weight excluding hydrogens is 448 g/mol. The third-order valence-corrected chi connectivity index (χ3v) is 8.01. The summed E-state index contributed by atoms with van der Waals surface area (Å²) in [5, 5.41) is 5.14. The van der Waals surface area contributed by atoms with E-state index >= 15 is 0 Å². The molecule has 1 N–H and O–H groups in total. The first-order valence-corrected chi connectivity index (χ1v) is 13.1. The van der Waals surface area contributed by atoms with Crippen molar-refractivity contribution in [3.8, 4) is 0 Å². The van der Waals surface area contributed by atoms with Crippen molar-refractivity contribution in [2.24, 2.45) is 11.8 Å². The molecule has 0 spiro atoms. The number of imide groups is 1. The van der Waals surface area contributed by atoms with E-state index in [4.69, 9.17) is 0 Å². The number of carbonyl (C=O) groups is 3. The standard InChI is InChI=1S/C26H34N4O3S/c1-19(2)10-13-26(24(32)30(25(33)28-26)18-21-6-3-4-14-27-21)20-11-15-29(16-12-20)23(31)9-8-22-7-5-17-34-22/h3-7,14,17,19-20H,8-13,15-16,18H2,1-2H3,(H,28,33)/t26-/m1/s1. The Kier molecular flexibility index (Phi) is 7.66. The highest BCUT2D eigenvalue weighted by Crippen LogP contribution is 2.38. The molecule has 4 rings (SSSR count). The largest absolute Gasteiger partial charge is 0.343 e. The number of amides is 4. The van der Waals surface area contributed by atoms with Crippen LogP contribution in [-0.2, 0) is 22.6 Å². The molecule has 2 aliphatic heterocycles. The zero-order valence-corrected chi connectivity index (χ0v) is 20.9. The van der Waals surface area contributed by atoms with Gasteiger partial charge in [0.1, 0.15) is 5.54 Å². The predicted molar refractivity (Wildman–Crippen MR) is 132 cm³/mol. The third-order valence-electron chi connectivity index (χ3n) is 7.07. The molecule has 7 nitrogen and oxygen atoms in total. The molecular formula is C26H34N4O3S. The Bertz CT molecular complexity index is 987. The van der Waals surface area contributed by atoms with Crippen molar-refractivity contribution in [1.82, 2.24) is 20.1 Å². The summed E-state index contributed by atoms with van der Waals surface area (Å²) in [6.45, 7) is 5.70. The van der Waals surface area contributed by atoms with Gasteiger partial charge in [0.2, 0.25) is 5.91 Å². The van der Waals surface area contributed by atoms with Gasteiger partial charge in [-0.2, -0.15) is 0 Å². The first-order chi connectivity index (χ1) is 16.4. The van der Waals surface area contributed by atoms with E-state index in [-0.39, 0.29) is 30.3 Å². The topological polar surface area (TPSA) is 82.6 Å². The fraction of sp³-hybridized carbons (Fsp3) is 0.538. The minimum Gasteiger partial charge on any atom is -0.343 e. The Hall–Kier alpha value is -2.74. The van der Waals surface area contributed by atoms with Gasteiger partial charge >= 0.3 is 6.03 Å². The Morgan fingerprint density at radius 3 is 2.65 bits per heavy atom. The van der Waals surface area contributed by atoms with Gasteiger partial charge in [-0.25, -0.2) is 4.79 Å². The second-order valence-electron chi connectivity index (χ2n) is 9.78. The van der Waals surface area contributed by atoms with Gasteiger partial charge in [0, 0.05) is 30.6 Å². The number of nitrogens with one attached hydrogen (secondary N) is 1. The van der Waals surface area contributed by atoms with Crippen LogP contribution in [0.3, 0.4) is 0 Å². The van der Waals surface area contributed by atoms with E-state index in [1.807, 2.05) is 34.5 Å². The summed E-state index contributed by atoms with van der Waals surface area (Å²) >= 11 is 1.68. The SMILES string of the molecule is CC(C)CC[C@]1(C2CCN(C(=O)CCc3cccs3)CC2)NC(=O)N(Cc2ccccn2)C1=O. The molecule has 0 bridgehead atoms. The van der Waals surface area contributed by atoms with Gasteiger partial charge in [-0.15, -0.1) is 11.3 Å². The number of urea groups is 1. The number of aromatic nitrogens is 1. The molecule has 8 heteroatoms. The highest BCUT2D eigenvalue weighted by Gasteiger charge is 2.55. The highest BCUT2D eigenvalue weighted by atomic mass is 32.1. The molecule has 0 aliphatic carbocycles. The van der Waals surface area contributed by atoms with Crippen molar-refractivity contribution < 1.29 is 14.4 Å². The Balaban J connectivity index is 1.43. The van der Waals surface area contributed by atoms with Crippen LogP contribution in [-0.4, -0.2) is 51.3 Å². The minimum atomic E-state index is -0.901. The van der Waals surface area contributed by atoms with Gasteiger partial charge < -0.3 is 10.2 Å². The maximum atomic E-state index is 13.7. The Morgan fingerprint density at radius 2 is 2.00 bits per heavy atom. The smallest absolute Gasteiger partial charge is 0.325 e. The summed E-state index contributed by atoms with van der Waals surface area (Å²) < 4.78 is 0. The van der Waals surface area contributed by atoms with E-state index in [0.717, 1.165) is 12.8 Å². The normalized spacial score (nSPS) is 21.4. The summed E-state index contributed by atoms with van der Waals surface area (Å²) in [7, 11) is 0. The molecule has 0 saturated carbocycles. The lowest BCUT2D eigenvalue weighted by Gasteiger charge is -2.41. The van der Waals surface area contributed by atoms with Crippen LogP contribution in [0.25, 0.3) is 0 Å². The summed E-state index contributed by atoms with van der Waals surface area (Å²) in [5.41, 5.74) is -0.209. The number of rotatable bonds is 9. The van der Waals surface area contributed by atoms with Crippen molar-refractivity contribution in [3.05, 3.63) is 52.5 Å². The third kappa shape index (κ3) is 5.32. The van der Waals surface area contributed by atoms with Crippen LogP contribution in [0.4, 0.5) is 4.79 Å². The Morgan fingerprint density at radius 1 is 1.21 bits per heavy atom. The molecule has 2 fully saturated rings. The quantitative estimate of drug-likeness (QED) is 0.542. The molecule has 1 atom stereocenters. The molecule has 0 unspecified atom stereocenters. The van der Waals surface area contributed by atoms with Crippen LogP contribution in [0.1, 0.15) is 56.5 Å². The van der Waals surface area contributed by atoms with E-state index in [1.165, 1.54) is 9.78 Å². The van der Waals surface area contributed by atoms with E-state index in [9.17, 15) is 14.4 Å². The first kappa shape index (κ1) is 24.4.